The van der Waals surface area contributed by atoms with E-state index in [1.54, 1.807) is 19.2 Å². The van der Waals surface area contributed by atoms with Crippen molar-refractivity contribution in [3.05, 3.63) is 29.7 Å². The maximum atomic E-state index is 11.8. The molecule has 0 saturated heterocycles. The standard InChI is InChI=1S/C16H17N3O3S2/c1-3-22-16(21)10-4-9(5-17-6-10)14-19-12-13(20)11(8(2)7-23)18-15(12)24-14/h4-6,8,18,20,23H,3,7H2,1-2H3. The molecule has 3 heterocycles. The average Bonchev–Trinajstić information content (AvgIpc) is 3.14. The Hall–Kier alpha value is -2.06. The van der Waals surface area contributed by atoms with E-state index in [2.05, 4.69) is 27.6 Å². The number of rotatable bonds is 5. The molecule has 0 bridgehead atoms. The second kappa shape index (κ2) is 6.82. The molecule has 6 nitrogen and oxygen atoms in total. The van der Waals surface area contributed by atoms with Gasteiger partial charge in [0.25, 0.3) is 0 Å². The highest BCUT2D eigenvalue weighted by Gasteiger charge is 2.20. The highest BCUT2D eigenvalue weighted by atomic mass is 32.1. The van der Waals surface area contributed by atoms with Gasteiger partial charge in [0.2, 0.25) is 0 Å². The number of aromatic nitrogens is 3. The number of H-pyrrole nitrogens is 1. The van der Waals surface area contributed by atoms with Crippen molar-refractivity contribution in [2.45, 2.75) is 19.8 Å². The quantitative estimate of drug-likeness (QED) is 0.476. The molecule has 0 saturated carbocycles. The Kier molecular flexibility index (Phi) is 4.77. The number of thiol groups is 1. The zero-order valence-corrected chi connectivity index (χ0v) is 14.9. The van der Waals surface area contributed by atoms with Gasteiger partial charge in [-0.1, -0.05) is 18.3 Å². The fourth-order valence-electron chi connectivity index (χ4n) is 2.33. The lowest BCUT2D eigenvalue weighted by atomic mass is 10.1. The Morgan fingerprint density at radius 2 is 2.29 bits per heavy atom. The summed E-state index contributed by atoms with van der Waals surface area (Å²) < 4.78 is 4.99. The van der Waals surface area contributed by atoms with Gasteiger partial charge in [0, 0.05) is 23.9 Å². The number of nitrogens with one attached hydrogen (secondary N) is 1. The van der Waals surface area contributed by atoms with Crippen LogP contribution < -0.4 is 0 Å². The maximum absolute atomic E-state index is 11.8. The molecule has 1 atom stereocenters. The van der Waals surface area contributed by atoms with Crippen molar-refractivity contribution in [1.29, 1.82) is 0 Å². The first-order valence-electron chi connectivity index (χ1n) is 7.49. The highest BCUT2D eigenvalue weighted by Crippen LogP contribution is 2.39. The molecule has 24 heavy (non-hydrogen) atoms. The minimum Gasteiger partial charge on any atom is -0.504 e. The van der Waals surface area contributed by atoms with Gasteiger partial charge in [-0.25, -0.2) is 9.78 Å². The Balaban J connectivity index is 1.98. The van der Waals surface area contributed by atoms with Crippen molar-refractivity contribution in [2.75, 3.05) is 12.4 Å². The number of pyridine rings is 1. The van der Waals surface area contributed by atoms with E-state index < -0.39 is 5.97 Å². The molecular formula is C16H17N3O3S2. The molecule has 0 aliphatic heterocycles. The number of carbonyl (C=O) groups is 1. The van der Waals surface area contributed by atoms with Crippen LogP contribution in [0.2, 0.25) is 0 Å². The summed E-state index contributed by atoms with van der Waals surface area (Å²) in [5, 5.41) is 11.0. The fourth-order valence-corrected chi connectivity index (χ4v) is 3.47. The zero-order chi connectivity index (χ0) is 17.3. The van der Waals surface area contributed by atoms with E-state index in [0.29, 0.717) is 34.0 Å². The third-order valence-corrected chi connectivity index (χ3v) is 5.19. The molecule has 3 rings (SSSR count). The lowest BCUT2D eigenvalue weighted by Gasteiger charge is -2.05. The van der Waals surface area contributed by atoms with Crippen molar-refractivity contribution in [1.82, 2.24) is 15.0 Å². The number of hydrogen-bond acceptors (Lipinski definition) is 7. The molecule has 2 N–H and O–H groups in total. The second-order valence-electron chi connectivity index (χ2n) is 5.35. The van der Waals surface area contributed by atoms with Crippen molar-refractivity contribution >= 4 is 40.3 Å². The fraction of sp³-hybridized carbons (Fsp3) is 0.312. The van der Waals surface area contributed by atoms with E-state index in [0.717, 1.165) is 10.5 Å². The van der Waals surface area contributed by atoms with Crippen LogP contribution in [0, 0.1) is 0 Å². The highest BCUT2D eigenvalue weighted by molar-refractivity contribution is 7.80. The first-order chi connectivity index (χ1) is 11.5. The molecule has 0 spiro atoms. The van der Waals surface area contributed by atoms with Gasteiger partial charge >= 0.3 is 5.97 Å². The number of esters is 1. The summed E-state index contributed by atoms with van der Waals surface area (Å²) >= 11 is 5.66. The molecule has 0 radical (unpaired) electrons. The summed E-state index contributed by atoms with van der Waals surface area (Å²) in [6.07, 6.45) is 3.10. The van der Waals surface area contributed by atoms with Crippen LogP contribution in [-0.4, -0.2) is 38.4 Å². The molecule has 1 unspecified atom stereocenters. The number of aromatic hydroxyl groups is 1. The molecule has 0 aliphatic carbocycles. The number of nitrogens with zero attached hydrogens (tertiary/aromatic N) is 2. The number of ether oxygens (including phenoxy) is 1. The molecule has 3 aromatic heterocycles. The number of fused-ring (bicyclic) bond motifs is 1. The van der Waals surface area contributed by atoms with Crippen molar-refractivity contribution in [3.8, 4) is 16.3 Å². The third-order valence-electron chi connectivity index (χ3n) is 3.62. The molecule has 0 amide bonds. The summed E-state index contributed by atoms with van der Waals surface area (Å²) in [6.45, 7) is 4.05. The summed E-state index contributed by atoms with van der Waals surface area (Å²) in [7, 11) is 0. The predicted octanol–water partition coefficient (Wildman–Crippen LogP) is 3.60. The first kappa shape index (κ1) is 16.8. The number of thiazole rings is 1. The lowest BCUT2D eigenvalue weighted by Crippen LogP contribution is -2.05. The Morgan fingerprint density at radius 3 is 2.96 bits per heavy atom. The topological polar surface area (TPSA) is 88.1 Å². The zero-order valence-electron chi connectivity index (χ0n) is 13.2. The summed E-state index contributed by atoms with van der Waals surface area (Å²) in [5.74, 6) is 0.469. The van der Waals surface area contributed by atoms with Crippen LogP contribution in [0.5, 0.6) is 5.75 Å². The van der Waals surface area contributed by atoms with Gasteiger partial charge in [-0.3, -0.25) is 4.98 Å². The van der Waals surface area contributed by atoms with E-state index in [4.69, 9.17) is 4.74 Å². The summed E-state index contributed by atoms with van der Waals surface area (Å²) in [6, 6.07) is 1.69. The van der Waals surface area contributed by atoms with Crippen LogP contribution in [0.3, 0.4) is 0 Å². The van der Waals surface area contributed by atoms with E-state index in [1.807, 2.05) is 6.92 Å². The van der Waals surface area contributed by atoms with E-state index in [1.165, 1.54) is 17.5 Å². The molecule has 0 fully saturated rings. The Morgan fingerprint density at radius 1 is 1.50 bits per heavy atom. The van der Waals surface area contributed by atoms with Gasteiger partial charge in [-0.2, -0.15) is 12.6 Å². The minimum atomic E-state index is -0.415. The van der Waals surface area contributed by atoms with E-state index in [9.17, 15) is 9.90 Å². The third kappa shape index (κ3) is 2.99. The van der Waals surface area contributed by atoms with Crippen LogP contribution in [-0.2, 0) is 4.74 Å². The van der Waals surface area contributed by atoms with Crippen molar-refractivity contribution in [2.24, 2.45) is 0 Å². The number of carbonyl (C=O) groups excluding carboxylic acids is 1. The number of hydrogen-bond donors (Lipinski definition) is 3. The van der Waals surface area contributed by atoms with Crippen LogP contribution in [0.4, 0.5) is 0 Å². The second-order valence-corrected chi connectivity index (χ2v) is 6.71. The molecule has 126 valence electrons. The summed E-state index contributed by atoms with van der Waals surface area (Å²) in [5.41, 5.74) is 2.35. The number of aromatic amines is 1. The molecule has 0 aromatic carbocycles. The SMILES string of the molecule is CCOC(=O)c1cncc(-c2nc3c(O)c(C(C)CS)[nH]c3s2)c1. The predicted molar refractivity (Wildman–Crippen MR) is 97.1 cm³/mol. The van der Waals surface area contributed by atoms with Gasteiger partial charge in [0.05, 0.1) is 17.9 Å². The lowest BCUT2D eigenvalue weighted by molar-refractivity contribution is 0.0526. The van der Waals surface area contributed by atoms with Gasteiger partial charge in [-0.15, -0.1) is 0 Å². The first-order valence-corrected chi connectivity index (χ1v) is 8.94. The van der Waals surface area contributed by atoms with Crippen LogP contribution in [0.15, 0.2) is 18.5 Å². The van der Waals surface area contributed by atoms with Gasteiger partial charge < -0.3 is 14.8 Å². The minimum absolute atomic E-state index is 0.104. The summed E-state index contributed by atoms with van der Waals surface area (Å²) in [4.78, 5) is 24.4. The van der Waals surface area contributed by atoms with Crippen LogP contribution >= 0.6 is 24.0 Å². The average molecular weight is 363 g/mol. The largest absolute Gasteiger partial charge is 0.504 e. The monoisotopic (exact) mass is 363 g/mol. The van der Waals surface area contributed by atoms with E-state index in [-0.39, 0.29) is 11.7 Å². The van der Waals surface area contributed by atoms with Crippen molar-refractivity contribution < 1.29 is 14.6 Å². The van der Waals surface area contributed by atoms with Crippen LogP contribution in [0.1, 0.15) is 35.8 Å². The Labute approximate surface area is 148 Å². The van der Waals surface area contributed by atoms with E-state index >= 15 is 0 Å². The van der Waals surface area contributed by atoms with Crippen molar-refractivity contribution in [3.63, 3.8) is 0 Å². The maximum Gasteiger partial charge on any atom is 0.339 e. The molecule has 8 heteroatoms. The van der Waals surface area contributed by atoms with Gasteiger partial charge in [0.15, 0.2) is 5.75 Å². The smallest absolute Gasteiger partial charge is 0.339 e. The van der Waals surface area contributed by atoms with Gasteiger partial charge in [0.1, 0.15) is 15.4 Å². The van der Waals surface area contributed by atoms with Crippen LogP contribution in [0.25, 0.3) is 20.9 Å². The Bertz CT molecular complexity index is 888. The molecule has 0 aliphatic rings. The molecular weight excluding hydrogens is 346 g/mol. The van der Waals surface area contributed by atoms with Gasteiger partial charge in [-0.05, 0) is 18.7 Å². The molecule has 3 aromatic rings. The normalized spacial score (nSPS) is 12.5.